The van der Waals surface area contributed by atoms with E-state index in [4.69, 9.17) is 5.11 Å². The normalized spacial score (nSPS) is 10.2. The Kier molecular flexibility index (Phi) is 3.06. The Bertz CT molecular complexity index is 488. The number of thiophene rings is 1. The number of aromatic carboxylic acids is 1. The summed E-state index contributed by atoms with van der Waals surface area (Å²) in [6.07, 6.45) is 0. The lowest BCUT2D eigenvalue weighted by Crippen LogP contribution is -1.89. The van der Waals surface area contributed by atoms with Crippen LogP contribution in [0.1, 0.15) is 9.67 Å². The summed E-state index contributed by atoms with van der Waals surface area (Å²) in [5.41, 5.74) is 1.06. The largest absolute Gasteiger partial charge is 0.477 e. The molecule has 0 unspecified atom stereocenters. The number of carboxylic acids is 1. The van der Waals surface area contributed by atoms with Gasteiger partial charge in [0.15, 0.2) is 0 Å². The lowest BCUT2D eigenvalue weighted by molar-refractivity contribution is 0.0702. The van der Waals surface area contributed by atoms with Crippen molar-refractivity contribution in [2.45, 2.75) is 0 Å². The molecular weight excluding hydrogens is 323 g/mol. The van der Waals surface area contributed by atoms with Gasteiger partial charge >= 0.3 is 5.97 Å². The third-order valence-corrected chi connectivity index (χ3v) is 3.79. The summed E-state index contributed by atoms with van der Waals surface area (Å²) in [5, 5.41) is 8.80. The van der Waals surface area contributed by atoms with Crippen LogP contribution in [0.25, 0.3) is 10.4 Å². The molecule has 0 saturated carbocycles. The maximum Gasteiger partial charge on any atom is 0.345 e. The minimum atomic E-state index is -0.864. The van der Waals surface area contributed by atoms with Gasteiger partial charge in [0, 0.05) is 8.45 Å². The number of hydrogen-bond donors (Lipinski definition) is 1. The van der Waals surface area contributed by atoms with E-state index in [1.165, 1.54) is 14.9 Å². The molecule has 0 fully saturated rings. The van der Waals surface area contributed by atoms with Crippen LogP contribution in [0.4, 0.5) is 0 Å². The molecule has 1 heterocycles. The van der Waals surface area contributed by atoms with Gasteiger partial charge in [0.1, 0.15) is 4.88 Å². The Morgan fingerprint density at radius 3 is 2.33 bits per heavy atom. The van der Waals surface area contributed by atoms with Crippen molar-refractivity contribution in [1.29, 1.82) is 0 Å². The van der Waals surface area contributed by atoms with Gasteiger partial charge in [-0.2, -0.15) is 0 Å². The molecule has 2 nitrogen and oxygen atoms in total. The zero-order valence-electron chi connectivity index (χ0n) is 7.61. The molecular formula is C11H7IO2S. The van der Waals surface area contributed by atoms with Crippen molar-refractivity contribution >= 4 is 39.9 Å². The van der Waals surface area contributed by atoms with Crippen LogP contribution >= 0.6 is 33.9 Å². The maximum atomic E-state index is 10.7. The van der Waals surface area contributed by atoms with Crippen molar-refractivity contribution in [3.8, 4) is 10.4 Å². The molecule has 0 aliphatic carbocycles. The zero-order chi connectivity index (χ0) is 10.8. The Labute approximate surface area is 105 Å². The topological polar surface area (TPSA) is 37.3 Å². The standard InChI is InChI=1S/C11H7IO2S/c12-8-3-1-7(2-4-8)9-5-6-10(15-9)11(13)14/h1-6H,(H,13,14). The van der Waals surface area contributed by atoms with Crippen LogP contribution in [-0.2, 0) is 0 Å². The predicted octanol–water partition coefficient (Wildman–Crippen LogP) is 3.72. The quantitative estimate of drug-likeness (QED) is 0.852. The molecule has 1 aromatic carbocycles. The Morgan fingerprint density at radius 2 is 1.80 bits per heavy atom. The average molecular weight is 330 g/mol. The summed E-state index contributed by atoms with van der Waals surface area (Å²) in [6, 6.07) is 11.5. The summed E-state index contributed by atoms with van der Waals surface area (Å²) in [7, 11) is 0. The van der Waals surface area contributed by atoms with Gasteiger partial charge in [-0.05, 0) is 52.4 Å². The monoisotopic (exact) mass is 330 g/mol. The summed E-state index contributed by atoms with van der Waals surface area (Å²) in [5.74, 6) is -0.864. The summed E-state index contributed by atoms with van der Waals surface area (Å²) < 4.78 is 1.17. The van der Waals surface area contributed by atoms with Gasteiger partial charge in [-0.25, -0.2) is 4.79 Å². The Hall–Kier alpha value is -0.880. The highest BCUT2D eigenvalue weighted by Crippen LogP contribution is 2.28. The van der Waals surface area contributed by atoms with Gasteiger partial charge in [-0.1, -0.05) is 12.1 Å². The van der Waals surface area contributed by atoms with Crippen molar-refractivity contribution in [1.82, 2.24) is 0 Å². The van der Waals surface area contributed by atoms with Crippen LogP contribution in [0, 0.1) is 3.57 Å². The first kappa shape index (κ1) is 10.6. The fourth-order valence-electron chi connectivity index (χ4n) is 1.22. The summed E-state index contributed by atoms with van der Waals surface area (Å²) in [4.78, 5) is 12.1. The summed E-state index contributed by atoms with van der Waals surface area (Å²) >= 11 is 3.54. The first-order chi connectivity index (χ1) is 7.16. The van der Waals surface area contributed by atoms with E-state index in [9.17, 15) is 4.79 Å². The second kappa shape index (κ2) is 4.32. The lowest BCUT2D eigenvalue weighted by atomic mass is 10.2. The van der Waals surface area contributed by atoms with Gasteiger partial charge in [0.2, 0.25) is 0 Å². The van der Waals surface area contributed by atoms with Gasteiger partial charge in [-0.15, -0.1) is 11.3 Å². The maximum absolute atomic E-state index is 10.7. The van der Waals surface area contributed by atoms with Crippen LogP contribution in [0.15, 0.2) is 36.4 Å². The molecule has 76 valence electrons. The van der Waals surface area contributed by atoms with Crippen molar-refractivity contribution in [2.24, 2.45) is 0 Å². The number of benzene rings is 1. The van der Waals surface area contributed by atoms with E-state index in [0.717, 1.165) is 10.4 Å². The van der Waals surface area contributed by atoms with E-state index < -0.39 is 5.97 Å². The third kappa shape index (κ3) is 2.38. The smallest absolute Gasteiger partial charge is 0.345 e. The number of carbonyl (C=O) groups is 1. The van der Waals surface area contributed by atoms with E-state index in [1.807, 2.05) is 30.3 Å². The number of halogens is 1. The van der Waals surface area contributed by atoms with Crippen molar-refractivity contribution in [3.63, 3.8) is 0 Å². The molecule has 15 heavy (non-hydrogen) atoms. The Balaban J connectivity index is 2.37. The van der Waals surface area contributed by atoms with E-state index >= 15 is 0 Å². The molecule has 0 saturated heterocycles. The van der Waals surface area contributed by atoms with Gasteiger partial charge < -0.3 is 5.11 Å². The van der Waals surface area contributed by atoms with Gasteiger partial charge in [-0.3, -0.25) is 0 Å². The minimum absolute atomic E-state index is 0.378. The van der Waals surface area contributed by atoms with Crippen molar-refractivity contribution < 1.29 is 9.90 Å². The van der Waals surface area contributed by atoms with Gasteiger partial charge in [0.25, 0.3) is 0 Å². The molecule has 4 heteroatoms. The average Bonchev–Trinajstić information content (AvgIpc) is 2.68. The van der Waals surface area contributed by atoms with Crippen molar-refractivity contribution in [2.75, 3.05) is 0 Å². The molecule has 1 aromatic heterocycles. The van der Waals surface area contributed by atoms with Crippen LogP contribution in [0.5, 0.6) is 0 Å². The van der Waals surface area contributed by atoms with E-state index in [1.54, 1.807) is 6.07 Å². The van der Waals surface area contributed by atoms with Crippen molar-refractivity contribution in [3.05, 3.63) is 44.8 Å². The number of carboxylic acid groups (broad SMARTS) is 1. The first-order valence-corrected chi connectivity index (χ1v) is 6.15. The molecule has 2 aromatic rings. The van der Waals surface area contributed by atoms with E-state index in [2.05, 4.69) is 22.6 Å². The molecule has 0 aliphatic heterocycles. The highest BCUT2D eigenvalue weighted by molar-refractivity contribution is 14.1. The molecule has 1 N–H and O–H groups in total. The molecule has 2 rings (SSSR count). The number of hydrogen-bond acceptors (Lipinski definition) is 2. The van der Waals surface area contributed by atoms with Crippen LogP contribution in [0.3, 0.4) is 0 Å². The highest BCUT2D eigenvalue weighted by Gasteiger charge is 2.07. The summed E-state index contributed by atoms with van der Waals surface area (Å²) in [6.45, 7) is 0. The van der Waals surface area contributed by atoms with Gasteiger partial charge in [0.05, 0.1) is 0 Å². The third-order valence-electron chi connectivity index (χ3n) is 1.95. The second-order valence-electron chi connectivity index (χ2n) is 2.98. The highest BCUT2D eigenvalue weighted by atomic mass is 127. The van der Waals surface area contributed by atoms with Crippen LogP contribution in [-0.4, -0.2) is 11.1 Å². The predicted molar refractivity (Wildman–Crippen MR) is 69.4 cm³/mol. The second-order valence-corrected chi connectivity index (χ2v) is 5.31. The minimum Gasteiger partial charge on any atom is -0.477 e. The molecule has 0 amide bonds. The van der Waals surface area contributed by atoms with E-state index in [-0.39, 0.29) is 0 Å². The first-order valence-electron chi connectivity index (χ1n) is 4.26. The fourth-order valence-corrected chi connectivity index (χ4v) is 2.43. The molecule has 0 radical (unpaired) electrons. The van der Waals surface area contributed by atoms with Crippen LogP contribution in [0.2, 0.25) is 0 Å². The lowest BCUT2D eigenvalue weighted by Gasteiger charge is -1.96. The zero-order valence-corrected chi connectivity index (χ0v) is 10.6. The number of rotatable bonds is 2. The Morgan fingerprint density at radius 1 is 1.13 bits per heavy atom. The van der Waals surface area contributed by atoms with Crippen LogP contribution < -0.4 is 0 Å². The fraction of sp³-hybridized carbons (Fsp3) is 0. The van der Waals surface area contributed by atoms with E-state index in [0.29, 0.717) is 4.88 Å². The SMILES string of the molecule is O=C(O)c1ccc(-c2ccc(I)cc2)s1. The molecule has 0 bridgehead atoms. The molecule has 0 spiro atoms. The molecule has 0 aliphatic rings. The molecule has 0 atom stereocenters.